The quantitative estimate of drug-likeness (QED) is 0.275. The van der Waals surface area contributed by atoms with Crippen LogP contribution in [0.5, 0.6) is 0 Å². The summed E-state index contributed by atoms with van der Waals surface area (Å²) in [4.78, 5) is 33.2. The van der Waals surface area contributed by atoms with Gasteiger partial charge < -0.3 is 10.1 Å². The minimum Gasteiger partial charge on any atom is -0.383 e. The number of amides is 1. The molecule has 1 aromatic carbocycles. The highest BCUT2D eigenvalue weighted by Crippen LogP contribution is 2.33. The van der Waals surface area contributed by atoms with E-state index in [1.54, 1.807) is 30.3 Å². The van der Waals surface area contributed by atoms with Gasteiger partial charge >= 0.3 is 0 Å². The summed E-state index contributed by atoms with van der Waals surface area (Å²) < 4.78 is 7.12. The van der Waals surface area contributed by atoms with Crippen molar-refractivity contribution >= 4 is 51.7 Å². The van der Waals surface area contributed by atoms with E-state index in [4.69, 9.17) is 17.0 Å². The second-order valence-corrected chi connectivity index (χ2v) is 9.63. The lowest BCUT2D eigenvalue weighted by molar-refractivity contribution is -0.122. The zero-order chi connectivity index (χ0) is 24.1. The number of benzene rings is 1. The zero-order valence-electron chi connectivity index (χ0n) is 19.1. The topological polar surface area (TPSA) is 75.9 Å². The van der Waals surface area contributed by atoms with E-state index in [1.165, 1.54) is 21.7 Å². The number of fused-ring (bicyclic) bond motifs is 1. The van der Waals surface area contributed by atoms with Gasteiger partial charge in [0.1, 0.15) is 15.8 Å². The van der Waals surface area contributed by atoms with E-state index in [1.807, 2.05) is 31.2 Å². The molecule has 0 aliphatic carbocycles. The molecule has 1 saturated heterocycles. The Bertz CT molecular complexity index is 1300. The molecule has 1 fully saturated rings. The molecule has 0 unspecified atom stereocenters. The van der Waals surface area contributed by atoms with E-state index >= 15 is 0 Å². The molecule has 1 N–H and O–H groups in total. The number of hydrogen-bond acceptors (Lipinski definition) is 7. The summed E-state index contributed by atoms with van der Waals surface area (Å²) in [5.74, 6) is 0.236. The first-order chi connectivity index (χ1) is 16.5. The number of anilines is 1. The van der Waals surface area contributed by atoms with Gasteiger partial charge in [-0.2, -0.15) is 0 Å². The molecule has 2 aromatic heterocycles. The SMILES string of the molecule is COCCNc1nc2ccc(C)cn2c(=O)c1/C=C1\SC(=S)N(CCCc2ccccc2)C1=O. The number of aryl methyl sites for hydroxylation is 2. The van der Waals surface area contributed by atoms with Gasteiger partial charge in [0.15, 0.2) is 0 Å². The lowest BCUT2D eigenvalue weighted by atomic mass is 10.1. The maximum Gasteiger partial charge on any atom is 0.267 e. The Labute approximate surface area is 207 Å². The van der Waals surface area contributed by atoms with Crippen molar-refractivity contribution in [1.29, 1.82) is 0 Å². The average Bonchev–Trinajstić information content (AvgIpc) is 3.10. The van der Waals surface area contributed by atoms with E-state index in [0.29, 0.717) is 46.0 Å². The Hall–Kier alpha value is -3.01. The van der Waals surface area contributed by atoms with Gasteiger partial charge in [0.25, 0.3) is 11.5 Å². The molecule has 0 radical (unpaired) electrons. The Morgan fingerprint density at radius 1 is 1.18 bits per heavy atom. The molecule has 1 aliphatic heterocycles. The van der Waals surface area contributed by atoms with Crippen LogP contribution in [-0.2, 0) is 16.0 Å². The van der Waals surface area contributed by atoms with Crippen LogP contribution in [0.2, 0.25) is 0 Å². The van der Waals surface area contributed by atoms with E-state index in [0.717, 1.165) is 18.4 Å². The molecule has 7 nitrogen and oxygen atoms in total. The second-order valence-electron chi connectivity index (χ2n) is 7.96. The maximum absolute atomic E-state index is 13.4. The van der Waals surface area contributed by atoms with Crippen molar-refractivity contribution in [2.75, 3.05) is 32.1 Å². The van der Waals surface area contributed by atoms with Crippen LogP contribution in [0, 0.1) is 6.92 Å². The van der Waals surface area contributed by atoms with Crippen LogP contribution in [0.4, 0.5) is 5.82 Å². The zero-order valence-corrected chi connectivity index (χ0v) is 20.7. The molecule has 3 heterocycles. The van der Waals surface area contributed by atoms with Crippen molar-refractivity contribution in [3.05, 3.63) is 80.6 Å². The lowest BCUT2D eigenvalue weighted by Gasteiger charge is -2.14. The van der Waals surface area contributed by atoms with Crippen LogP contribution in [0.15, 0.2) is 58.4 Å². The summed E-state index contributed by atoms with van der Waals surface area (Å²) in [5.41, 5.74) is 2.76. The van der Waals surface area contributed by atoms with Crippen molar-refractivity contribution in [2.45, 2.75) is 19.8 Å². The maximum atomic E-state index is 13.4. The second kappa shape index (κ2) is 10.9. The highest BCUT2D eigenvalue weighted by atomic mass is 32.2. The van der Waals surface area contributed by atoms with Crippen molar-refractivity contribution < 1.29 is 9.53 Å². The Balaban J connectivity index is 1.61. The predicted molar refractivity (Wildman–Crippen MR) is 141 cm³/mol. The number of nitrogens with zero attached hydrogens (tertiary/aromatic N) is 3. The normalized spacial score (nSPS) is 15.0. The van der Waals surface area contributed by atoms with Crippen LogP contribution in [0.3, 0.4) is 0 Å². The number of aromatic nitrogens is 2. The number of pyridine rings is 1. The van der Waals surface area contributed by atoms with Gasteiger partial charge in [0.05, 0.1) is 17.1 Å². The Morgan fingerprint density at radius 2 is 1.97 bits per heavy atom. The minimum atomic E-state index is -0.247. The third kappa shape index (κ3) is 5.38. The predicted octanol–water partition coefficient (Wildman–Crippen LogP) is 3.90. The summed E-state index contributed by atoms with van der Waals surface area (Å²) in [6, 6.07) is 13.9. The summed E-state index contributed by atoms with van der Waals surface area (Å²) in [5, 5.41) is 3.16. The lowest BCUT2D eigenvalue weighted by Crippen LogP contribution is -2.29. The number of ether oxygens (including phenoxy) is 1. The summed E-state index contributed by atoms with van der Waals surface area (Å²) in [6.07, 6.45) is 5.01. The summed E-state index contributed by atoms with van der Waals surface area (Å²) in [7, 11) is 1.61. The standard InChI is InChI=1S/C25H26N4O3S2/c1-17-10-11-21-27-22(26-12-14-32-2)19(23(30)29(21)16-17)15-20-24(31)28(25(33)34-20)13-6-9-18-7-4-3-5-8-18/h3-5,7-8,10-11,15-16,26H,6,9,12-14H2,1-2H3/b20-15-. The number of thiocarbonyl (C=S) groups is 1. The van der Waals surface area contributed by atoms with Gasteiger partial charge in [-0.05, 0) is 43.0 Å². The van der Waals surface area contributed by atoms with Gasteiger partial charge in [0.2, 0.25) is 0 Å². The molecule has 4 rings (SSSR count). The molecule has 0 atom stereocenters. The monoisotopic (exact) mass is 494 g/mol. The van der Waals surface area contributed by atoms with Gasteiger partial charge in [-0.3, -0.25) is 18.9 Å². The largest absolute Gasteiger partial charge is 0.383 e. The Kier molecular flexibility index (Phi) is 7.77. The first kappa shape index (κ1) is 24.1. The highest BCUT2D eigenvalue weighted by Gasteiger charge is 2.32. The first-order valence-corrected chi connectivity index (χ1v) is 12.3. The summed E-state index contributed by atoms with van der Waals surface area (Å²) >= 11 is 6.70. The van der Waals surface area contributed by atoms with E-state index in [-0.39, 0.29) is 11.5 Å². The molecular weight excluding hydrogens is 468 g/mol. The van der Waals surface area contributed by atoms with Crippen LogP contribution in [0.1, 0.15) is 23.1 Å². The fourth-order valence-electron chi connectivity index (χ4n) is 3.70. The molecule has 0 saturated carbocycles. The Morgan fingerprint density at radius 3 is 2.74 bits per heavy atom. The van der Waals surface area contributed by atoms with Crippen LogP contribution < -0.4 is 10.9 Å². The average molecular weight is 495 g/mol. The fourth-order valence-corrected chi connectivity index (χ4v) is 5.00. The third-order valence-electron chi connectivity index (χ3n) is 5.44. The number of carbonyl (C=O) groups excluding carboxylic acids is 1. The highest BCUT2D eigenvalue weighted by molar-refractivity contribution is 8.26. The first-order valence-electron chi connectivity index (χ1n) is 11.0. The van der Waals surface area contributed by atoms with Gasteiger partial charge in [-0.15, -0.1) is 0 Å². The molecule has 9 heteroatoms. The van der Waals surface area contributed by atoms with Gasteiger partial charge in [-0.1, -0.05) is 60.4 Å². The van der Waals surface area contributed by atoms with E-state index in [9.17, 15) is 9.59 Å². The van der Waals surface area contributed by atoms with Crippen molar-refractivity contribution in [2.24, 2.45) is 0 Å². The molecule has 0 spiro atoms. The molecule has 1 aliphatic rings. The number of thioether (sulfide) groups is 1. The van der Waals surface area contributed by atoms with Crippen molar-refractivity contribution in [3.63, 3.8) is 0 Å². The van der Waals surface area contributed by atoms with Gasteiger partial charge in [-0.25, -0.2) is 4.98 Å². The number of rotatable bonds is 9. The molecule has 0 bridgehead atoms. The fraction of sp³-hybridized carbons (Fsp3) is 0.280. The van der Waals surface area contributed by atoms with Crippen molar-refractivity contribution in [1.82, 2.24) is 14.3 Å². The number of carbonyl (C=O) groups is 1. The molecule has 3 aromatic rings. The molecule has 34 heavy (non-hydrogen) atoms. The van der Waals surface area contributed by atoms with E-state index in [2.05, 4.69) is 22.4 Å². The smallest absolute Gasteiger partial charge is 0.267 e. The number of nitrogens with one attached hydrogen (secondary N) is 1. The summed E-state index contributed by atoms with van der Waals surface area (Å²) in [6.45, 7) is 3.38. The van der Waals surface area contributed by atoms with E-state index < -0.39 is 0 Å². The van der Waals surface area contributed by atoms with Crippen LogP contribution in [0.25, 0.3) is 11.7 Å². The number of hydrogen-bond donors (Lipinski definition) is 1. The van der Waals surface area contributed by atoms with Crippen molar-refractivity contribution in [3.8, 4) is 0 Å². The molecule has 176 valence electrons. The van der Waals surface area contributed by atoms with Gasteiger partial charge in [0, 0.05) is 26.4 Å². The van der Waals surface area contributed by atoms with Crippen LogP contribution >= 0.6 is 24.0 Å². The minimum absolute atomic E-state index is 0.181. The number of methoxy groups -OCH3 is 1. The third-order valence-corrected chi connectivity index (χ3v) is 6.82. The molecular formula is C25H26N4O3S2. The molecule has 1 amide bonds. The van der Waals surface area contributed by atoms with Crippen LogP contribution in [-0.4, -0.2) is 51.3 Å².